The minimum Gasteiger partial charge on any atom is -0.228 e. The Bertz CT molecular complexity index is 289. The zero-order valence-electron chi connectivity index (χ0n) is 8.22. The highest BCUT2D eigenvalue weighted by Crippen LogP contribution is 2.33. The molecule has 0 amide bonds. The van der Waals surface area contributed by atoms with E-state index in [9.17, 15) is 21.6 Å². The summed E-state index contributed by atoms with van der Waals surface area (Å²) in [5.74, 6) is 0. The van der Waals surface area contributed by atoms with Crippen molar-refractivity contribution in [2.75, 3.05) is 0 Å². The zero-order valence-corrected chi connectivity index (χ0v) is 9.04. The first-order chi connectivity index (χ1) is 5.84. The van der Waals surface area contributed by atoms with Crippen LogP contribution in [0.5, 0.6) is 0 Å². The topological polar surface area (TPSA) is 60.2 Å². The van der Waals surface area contributed by atoms with Crippen LogP contribution in [0.2, 0.25) is 0 Å². The fourth-order valence-corrected chi connectivity index (χ4v) is 2.08. The third-order valence-corrected chi connectivity index (χ3v) is 2.79. The summed E-state index contributed by atoms with van der Waals surface area (Å²) in [6.07, 6.45) is -5.34. The molecule has 1 unspecified atom stereocenters. The molecule has 86 valence electrons. The Morgan fingerprint density at radius 2 is 1.57 bits per heavy atom. The lowest BCUT2D eigenvalue weighted by Crippen LogP contribution is -2.43. The van der Waals surface area contributed by atoms with E-state index in [1.807, 2.05) is 0 Å². The van der Waals surface area contributed by atoms with E-state index in [1.54, 1.807) is 0 Å². The number of rotatable bonds is 2. The maximum absolute atomic E-state index is 12.3. The standard InChI is InChI=1S/C7H14F3NO2S/c1-6(2,3)4-5(7(8,9)10)14(11,12)13/h5H,4H2,1-3H3,(H2,11,12,13). The lowest BCUT2D eigenvalue weighted by molar-refractivity contribution is -0.135. The van der Waals surface area contributed by atoms with Gasteiger partial charge in [-0.05, 0) is 11.8 Å². The number of sulfonamides is 1. The predicted molar refractivity (Wildman–Crippen MR) is 47.0 cm³/mol. The fraction of sp³-hybridized carbons (Fsp3) is 1.00. The van der Waals surface area contributed by atoms with Crippen molar-refractivity contribution in [3.63, 3.8) is 0 Å². The van der Waals surface area contributed by atoms with Crippen molar-refractivity contribution in [1.82, 2.24) is 0 Å². The molecule has 0 aromatic heterocycles. The van der Waals surface area contributed by atoms with Gasteiger partial charge in [0.2, 0.25) is 10.0 Å². The molecule has 0 aromatic rings. The average Bonchev–Trinajstić information content (AvgIpc) is 1.75. The highest BCUT2D eigenvalue weighted by Gasteiger charge is 2.48. The summed E-state index contributed by atoms with van der Waals surface area (Å²) >= 11 is 0. The van der Waals surface area contributed by atoms with Gasteiger partial charge in [-0.3, -0.25) is 0 Å². The van der Waals surface area contributed by atoms with Gasteiger partial charge >= 0.3 is 6.18 Å². The van der Waals surface area contributed by atoms with Crippen molar-refractivity contribution < 1.29 is 21.6 Å². The third-order valence-electron chi connectivity index (χ3n) is 1.56. The van der Waals surface area contributed by atoms with E-state index in [-0.39, 0.29) is 0 Å². The van der Waals surface area contributed by atoms with E-state index in [0.29, 0.717) is 0 Å². The largest absolute Gasteiger partial charge is 0.406 e. The smallest absolute Gasteiger partial charge is 0.228 e. The summed E-state index contributed by atoms with van der Waals surface area (Å²) in [5.41, 5.74) is -0.743. The molecule has 0 aliphatic carbocycles. The Morgan fingerprint density at radius 1 is 1.21 bits per heavy atom. The monoisotopic (exact) mass is 233 g/mol. The van der Waals surface area contributed by atoms with Gasteiger partial charge in [0.1, 0.15) is 0 Å². The Hall–Kier alpha value is -0.300. The van der Waals surface area contributed by atoms with Crippen LogP contribution in [-0.2, 0) is 10.0 Å². The van der Waals surface area contributed by atoms with E-state index in [1.165, 1.54) is 20.8 Å². The van der Waals surface area contributed by atoms with E-state index in [4.69, 9.17) is 0 Å². The van der Waals surface area contributed by atoms with E-state index in [0.717, 1.165) is 0 Å². The maximum atomic E-state index is 12.3. The maximum Gasteiger partial charge on any atom is 0.406 e. The molecule has 2 N–H and O–H groups in total. The number of hydrogen-bond donors (Lipinski definition) is 1. The second-order valence-electron chi connectivity index (χ2n) is 4.38. The first kappa shape index (κ1) is 13.7. The number of alkyl halides is 3. The molecular formula is C7H14F3NO2S. The first-order valence-corrected chi connectivity index (χ1v) is 5.53. The minimum absolute atomic E-state index is 0.532. The quantitative estimate of drug-likeness (QED) is 0.788. The van der Waals surface area contributed by atoms with E-state index < -0.39 is 33.3 Å². The second-order valence-corrected chi connectivity index (χ2v) is 6.13. The second kappa shape index (κ2) is 3.69. The van der Waals surface area contributed by atoms with Crippen molar-refractivity contribution in [1.29, 1.82) is 0 Å². The molecule has 0 heterocycles. The molecule has 0 aliphatic rings. The summed E-state index contributed by atoms with van der Waals surface area (Å²) in [4.78, 5) is 0. The normalized spacial score (nSPS) is 16.8. The van der Waals surface area contributed by atoms with Crippen LogP contribution in [0.15, 0.2) is 0 Å². The highest BCUT2D eigenvalue weighted by atomic mass is 32.2. The third kappa shape index (κ3) is 4.80. The molecule has 14 heavy (non-hydrogen) atoms. The molecule has 0 saturated carbocycles. The number of nitrogens with two attached hydrogens (primary N) is 1. The van der Waals surface area contributed by atoms with Crippen LogP contribution in [0.3, 0.4) is 0 Å². The van der Waals surface area contributed by atoms with Gasteiger partial charge in [0.15, 0.2) is 5.25 Å². The summed E-state index contributed by atoms with van der Waals surface area (Å²) in [5, 5.41) is 2.05. The van der Waals surface area contributed by atoms with E-state index in [2.05, 4.69) is 5.14 Å². The molecular weight excluding hydrogens is 219 g/mol. The van der Waals surface area contributed by atoms with Crippen LogP contribution >= 0.6 is 0 Å². The van der Waals surface area contributed by atoms with Gasteiger partial charge in [0.25, 0.3) is 0 Å². The Balaban J connectivity index is 4.98. The Kier molecular flexibility index (Phi) is 3.61. The molecule has 0 radical (unpaired) electrons. The van der Waals surface area contributed by atoms with Gasteiger partial charge in [-0.15, -0.1) is 0 Å². The summed E-state index contributed by atoms with van der Waals surface area (Å²) in [6, 6.07) is 0. The summed E-state index contributed by atoms with van der Waals surface area (Å²) in [7, 11) is -4.58. The fourth-order valence-electron chi connectivity index (χ4n) is 0.974. The number of hydrogen-bond acceptors (Lipinski definition) is 2. The van der Waals surface area contributed by atoms with Crippen LogP contribution in [0.4, 0.5) is 13.2 Å². The van der Waals surface area contributed by atoms with E-state index >= 15 is 0 Å². The van der Waals surface area contributed by atoms with Crippen molar-refractivity contribution in [2.24, 2.45) is 10.6 Å². The number of primary sulfonamides is 1. The first-order valence-electron chi connectivity index (χ1n) is 3.92. The highest BCUT2D eigenvalue weighted by molar-refractivity contribution is 7.89. The zero-order chi connectivity index (χ0) is 11.8. The molecule has 3 nitrogen and oxygen atoms in total. The minimum atomic E-state index is -4.80. The summed E-state index contributed by atoms with van der Waals surface area (Å²) < 4.78 is 58.3. The lowest BCUT2D eigenvalue weighted by Gasteiger charge is -2.25. The molecule has 0 saturated heterocycles. The molecule has 7 heteroatoms. The molecule has 1 atom stereocenters. The Labute approximate surface area is 81.5 Å². The lowest BCUT2D eigenvalue weighted by atomic mass is 9.90. The van der Waals surface area contributed by atoms with Crippen molar-refractivity contribution in [3.8, 4) is 0 Å². The van der Waals surface area contributed by atoms with Crippen molar-refractivity contribution >= 4 is 10.0 Å². The van der Waals surface area contributed by atoms with Crippen molar-refractivity contribution in [2.45, 2.75) is 38.6 Å². The van der Waals surface area contributed by atoms with Crippen LogP contribution in [-0.4, -0.2) is 19.8 Å². The predicted octanol–water partition coefficient (Wildman–Crippen LogP) is 1.64. The van der Waals surface area contributed by atoms with Gasteiger partial charge in [-0.1, -0.05) is 20.8 Å². The van der Waals surface area contributed by atoms with Gasteiger partial charge in [0, 0.05) is 0 Å². The van der Waals surface area contributed by atoms with Crippen LogP contribution in [0, 0.1) is 5.41 Å². The number of halogens is 3. The molecule has 0 aliphatic heterocycles. The molecule has 0 rings (SSSR count). The molecule has 0 aromatic carbocycles. The molecule has 0 fully saturated rings. The van der Waals surface area contributed by atoms with Gasteiger partial charge < -0.3 is 0 Å². The molecule has 0 bridgehead atoms. The Morgan fingerprint density at radius 3 is 1.64 bits per heavy atom. The SMILES string of the molecule is CC(C)(C)CC(C(F)(F)F)S(N)(=O)=O. The van der Waals surface area contributed by atoms with Crippen molar-refractivity contribution in [3.05, 3.63) is 0 Å². The summed E-state index contributed by atoms with van der Waals surface area (Å²) in [6.45, 7) is 4.57. The van der Waals surface area contributed by atoms with Gasteiger partial charge in [0.05, 0.1) is 0 Å². The van der Waals surface area contributed by atoms with Crippen LogP contribution < -0.4 is 5.14 Å². The van der Waals surface area contributed by atoms with Crippen LogP contribution in [0.1, 0.15) is 27.2 Å². The van der Waals surface area contributed by atoms with Gasteiger partial charge in [-0.2, -0.15) is 13.2 Å². The van der Waals surface area contributed by atoms with Crippen LogP contribution in [0.25, 0.3) is 0 Å². The average molecular weight is 233 g/mol. The molecule has 0 spiro atoms. The van der Waals surface area contributed by atoms with Gasteiger partial charge in [-0.25, -0.2) is 13.6 Å².